The lowest BCUT2D eigenvalue weighted by Gasteiger charge is -2.28. The molecule has 1 amide bonds. The SMILES string of the molecule is CCC(CC)C(=O)N(CCOC)Cc1cc2ccc(Cl)cc2nc1N(C)C. The molecule has 2 aromatic rings. The van der Waals surface area contributed by atoms with Crippen LogP contribution in [0.5, 0.6) is 0 Å². The van der Waals surface area contributed by atoms with Crippen molar-refractivity contribution in [2.75, 3.05) is 39.3 Å². The first-order valence-corrected chi connectivity index (χ1v) is 9.83. The van der Waals surface area contributed by atoms with Crippen molar-refractivity contribution in [2.24, 2.45) is 5.92 Å². The van der Waals surface area contributed by atoms with Crippen LogP contribution in [0.1, 0.15) is 32.3 Å². The third-order valence-corrected chi connectivity index (χ3v) is 5.07. The Hall–Kier alpha value is -1.85. The molecular formula is C21H30ClN3O2. The Kier molecular flexibility index (Phi) is 7.87. The predicted molar refractivity (Wildman–Crippen MR) is 112 cm³/mol. The maximum absolute atomic E-state index is 13.0. The molecule has 0 N–H and O–H groups in total. The number of rotatable bonds is 9. The number of nitrogens with zero attached hydrogens (tertiary/aromatic N) is 3. The number of pyridine rings is 1. The molecule has 0 saturated carbocycles. The molecule has 0 aliphatic carbocycles. The maximum atomic E-state index is 13.0. The van der Waals surface area contributed by atoms with Crippen molar-refractivity contribution in [3.05, 3.63) is 34.9 Å². The van der Waals surface area contributed by atoms with Crippen LogP contribution in [0.15, 0.2) is 24.3 Å². The molecule has 27 heavy (non-hydrogen) atoms. The molecular weight excluding hydrogens is 362 g/mol. The lowest BCUT2D eigenvalue weighted by Crippen LogP contribution is -2.38. The van der Waals surface area contributed by atoms with Gasteiger partial charge in [0, 0.05) is 56.2 Å². The van der Waals surface area contributed by atoms with E-state index in [1.807, 2.05) is 42.1 Å². The van der Waals surface area contributed by atoms with Gasteiger partial charge < -0.3 is 14.5 Å². The largest absolute Gasteiger partial charge is 0.383 e. The Labute approximate surface area is 167 Å². The molecule has 5 nitrogen and oxygen atoms in total. The van der Waals surface area contributed by atoms with Crippen LogP contribution in [0.25, 0.3) is 10.9 Å². The van der Waals surface area contributed by atoms with E-state index in [1.165, 1.54) is 0 Å². The highest BCUT2D eigenvalue weighted by Gasteiger charge is 2.23. The first kappa shape index (κ1) is 21.5. The average molecular weight is 392 g/mol. The quantitative estimate of drug-likeness (QED) is 0.636. The zero-order chi connectivity index (χ0) is 20.0. The molecule has 148 valence electrons. The molecule has 0 aliphatic rings. The molecule has 1 aromatic carbocycles. The topological polar surface area (TPSA) is 45.7 Å². The Morgan fingerprint density at radius 1 is 1.22 bits per heavy atom. The van der Waals surface area contributed by atoms with Gasteiger partial charge in [-0.15, -0.1) is 0 Å². The molecule has 2 rings (SSSR count). The Bertz CT molecular complexity index is 775. The first-order valence-electron chi connectivity index (χ1n) is 9.45. The van der Waals surface area contributed by atoms with Gasteiger partial charge in [0.15, 0.2) is 0 Å². The molecule has 0 fully saturated rings. The number of methoxy groups -OCH3 is 1. The van der Waals surface area contributed by atoms with Gasteiger partial charge in [0.1, 0.15) is 5.82 Å². The summed E-state index contributed by atoms with van der Waals surface area (Å²) in [4.78, 5) is 21.7. The van der Waals surface area contributed by atoms with Crippen LogP contribution in [-0.2, 0) is 16.1 Å². The molecule has 0 saturated heterocycles. The number of aromatic nitrogens is 1. The summed E-state index contributed by atoms with van der Waals surface area (Å²) in [7, 11) is 5.58. The van der Waals surface area contributed by atoms with Crippen LogP contribution in [-0.4, -0.2) is 50.1 Å². The van der Waals surface area contributed by atoms with Crippen molar-refractivity contribution < 1.29 is 9.53 Å². The molecule has 0 unspecified atom stereocenters. The van der Waals surface area contributed by atoms with E-state index in [0.29, 0.717) is 24.7 Å². The number of fused-ring (bicyclic) bond motifs is 1. The predicted octanol–water partition coefficient (Wildman–Crippen LogP) is 4.37. The third kappa shape index (κ3) is 5.33. The van der Waals surface area contributed by atoms with Gasteiger partial charge in [-0.3, -0.25) is 4.79 Å². The van der Waals surface area contributed by atoms with Crippen LogP contribution in [0, 0.1) is 5.92 Å². The van der Waals surface area contributed by atoms with Crippen molar-refractivity contribution in [2.45, 2.75) is 33.2 Å². The van der Waals surface area contributed by atoms with Crippen molar-refractivity contribution in [3.8, 4) is 0 Å². The van der Waals surface area contributed by atoms with E-state index < -0.39 is 0 Å². The van der Waals surface area contributed by atoms with Crippen LogP contribution in [0.3, 0.4) is 0 Å². The number of carbonyl (C=O) groups excluding carboxylic acids is 1. The van der Waals surface area contributed by atoms with Gasteiger partial charge in [0.2, 0.25) is 5.91 Å². The van der Waals surface area contributed by atoms with Gasteiger partial charge in [-0.1, -0.05) is 31.5 Å². The summed E-state index contributed by atoms with van der Waals surface area (Å²) in [5.41, 5.74) is 1.87. The van der Waals surface area contributed by atoms with E-state index in [1.54, 1.807) is 7.11 Å². The molecule has 6 heteroatoms. The zero-order valence-corrected chi connectivity index (χ0v) is 17.7. The molecule has 0 bridgehead atoms. The second kappa shape index (κ2) is 9.90. The molecule has 1 aromatic heterocycles. The highest BCUT2D eigenvalue weighted by atomic mass is 35.5. The fourth-order valence-corrected chi connectivity index (χ4v) is 3.41. The lowest BCUT2D eigenvalue weighted by molar-refractivity contribution is -0.137. The minimum atomic E-state index is 0.0388. The maximum Gasteiger partial charge on any atom is 0.226 e. The van der Waals surface area contributed by atoms with E-state index in [2.05, 4.69) is 19.9 Å². The smallest absolute Gasteiger partial charge is 0.226 e. The summed E-state index contributed by atoms with van der Waals surface area (Å²) in [6, 6.07) is 7.80. The second-order valence-electron chi connectivity index (χ2n) is 6.97. The standard InChI is InChI=1S/C21H30ClN3O2/c1-6-15(7-2)21(26)25(10-11-27-5)14-17-12-16-8-9-18(22)13-19(16)23-20(17)24(3)4/h8-9,12-13,15H,6-7,10-11,14H2,1-5H3. The van der Waals surface area contributed by atoms with E-state index in [4.69, 9.17) is 21.3 Å². The van der Waals surface area contributed by atoms with Crippen LogP contribution in [0.2, 0.25) is 5.02 Å². The van der Waals surface area contributed by atoms with Crippen molar-refractivity contribution in [1.29, 1.82) is 0 Å². The summed E-state index contributed by atoms with van der Waals surface area (Å²) < 4.78 is 5.23. The van der Waals surface area contributed by atoms with Crippen molar-refractivity contribution >= 4 is 34.2 Å². The second-order valence-corrected chi connectivity index (χ2v) is 7.40. The molecule has 0 radical (unpaired) electrons. The molecule has 0 aliphatic heterocycles. The zero-order valence-electron chi connectivity index (χ0n) is 17.0. The summed E-state index contributed by atoms with van der Waals surface area (Å²) in [5.74, 6) is 1.07. The van der Waals surface area contributed by atoms with E-state index >= 15 is 0 Å². The number of hydrogen-bond donors (Lipinski definition) is 0. The summed E-state index contributed by atoms with van der Waals surface area (Å²) in [6.07, 6.45) is 1.68. The summed E-state index contributed by atoms with van der Waals surface area (Å²) >= 11 is 6.12. The Morgan fingerprint density at radius 3 is 2.52 bits per heavy atom. The van der Waals surface area contributed by atoms with Crippen molar-refractivity contribution in [3.63, 3.8) is 0 Å². The number of hydrogen-bond acceptors (Lipinski definition) is 4. The minimum Gasteiger partial charge on any atom is -0.383 e. The number of amides is 1. The van der Waals surface area contributed by atoms with Crippen LogP contribution in [0.4, 0.5) is 5.82 Å². The summed E-state index contributed by atoms with van der Waals surface area (Å²) in [6.45, 7) is 5.72. The lowest BCUT2D eigenvalue weighted by atomic mass is 10.0. The molecule has 1 heterocycles. The third-order valence-electron chi connectivity index (χ3n) is 4.83. The monoisotopic (exact) mass is 391 g/mol. The highest BCUT2D eigenvalue weighted by Crippen LogP contribution is 2.26. The van der Waals surface area contributed by atoms with Crippen molar-refractivity contribution in [1.82, 2.24) is 9.88 Å². The van der Waals surface area contributed by atoms with E-state index in [9.17, 15) is 4.79 Å². The number of benzene rings is 1. The van der Waals surface area contributed by atoms with Gasteiger partial charge in [-0.25, -0.2) is 4.98 Å². The van der Waals surface area contributed by atoms with Gasteiger partial charge >= 0.3 is 0 Å². The minimum absolute atomic E-state index is 0.0388. The number of ether oxygens (including phenoxy) is 1. The van der Waals surface area contributed by atoms with E-state index in [-0.39, 0.29) is 11.8 Å². The van der Waals surface area contributed by atoms with Gasteiger partial charge in [-0.2, -0.15) is 0 Å². The normalized spacial score (nSPS) is 11.2. The number of anilines is 1. The van der Waals surface area contributed by atoms with Gasteiger partial charge in [-0.05, 0) is 31.0 Å². The molecule has 0 atom stereocenters. The Morgan fingerprint density at radius 2 is 1.93 bits per heavy atom. The molecule has 0 spiro atoms. The number of halogens is 1. The fourth-order valence-electron chi connectivity index (χ4n) is 3.25. The average Bonchev–Trinajstić information content (AvgIpc) is 2.65. The fraction of sp³-hybridized carbons (Fsp3) is 0.524. The first-order chi connectivity index (χ1) is 12.9. The highest BCUT2D eigenvalue weighted by molar-refractivity contribution is 6.31. The van der Waals surface area contributed by atoms with Crippen LogP contribution >= 0.6 is 11.6 Å². The van der Waals surface area contributed by atoms with Crippen LogP contribution < -0.4 is 4.90 Å². The Balaban J connectivity index is 2.42. The van der Waals surface area contributed by atoms with E-state index in [0.717, 1.165) is 35.1 Å². The number of carbonyl (C=O) groups is 1. The van der Waals surface area contributed by atoms with Gasteiger partial charge in [0.25, 0.3) is 0 Å². The summed E-state index contributed by atoms with van der Waals surface area (Å²) in [5, 5.41) is 1.68. The van der Waals surface area contributed by atoms with Gasteiger partial charge in [0.05, 0.1) is 12.1 Å².